The van der Waals surface area contributed by atoms with Gasteiger partial charge in [-0.15, -0.1) is 11.3 Å². The molecule has 172 valence electrons. The first kappa shape index (κ1) is 21.6. The van der Waals surface area contributed by atoms with E-state index in [1.54, 1.807) is 11.9 Å². The van der Waals surface area contributed by atoms with Crippen LogP contribution in [0, 0.1) is 5.41 Å². The van der Waals surface area contributed by atoms with E-state index >= 15 is 0 Å². The number of aromatic nitrogens is 3. The van der Waals surface area contributed by atoms with E-state index in [2.05, 4.69) is 20.3 Å². The van der Waals surface area contributed by atoms with Crippen molar-refractivity contribution in [3.05, 3.63) is 47.4 Å². The number of fused-ring (bicyclic) bond motifs is 1. The van der Waals surface area contributed by atoms with Crippen molar-refractivity contribution in [1.29, 1.82) is 0 Å². The van der Waals surface area contributed by atoms with Gasteiger partial charge in [0.25, 0.3) is 5.91 Å². The Bertz CT molecular complexity index is 1230. The number of urea groups is 1. The standard InChI is InChI=1S/C21H19F3N6O2S/c1-29(19(32)28-15-6-12(2-4-25-15)21(22,23)24)13-7-20(8-13)9-30(10-20)18(31)16-17-14(3-5-33-17)26-11-27-16/h2-6,11,13H,7-10H2,1H3,(H,25,28,32). The Morgan fingerprint density at radius 2 is 1.97 bits per heavy atom. The zero-order chi connectivity index (χ0) is 23.4. The van der Waals surface area contributed by atoms with Crippen molar-refractivity contribution in [3.8, 4) is 0 Å². The molecular formula is C21H19F3N6O2S. The lowest BCUT2D eigenvalue weighted by atomic mass is 9.60. The van der Waals surface area contributed by atoms with E-state index in [4.69, 9.17) is 0 Å². The Balaban J connectivity index is 1.15. The van der Waals surface area contributed by atoms with Crippen LogP contribution >= 0.6 is 11.3 Å². The van der Waals surface area contributed by atoms with Gasteiger partial charge in [0.2, 0.25) is 0 Å². The topological polar surface area (TPSA) is 91.3 Å². The number of anilines is 1. The lowest BCUT2D eigenvalue weighted by Crippen LogP contribution is -2.67. The Labute approximate surface area is 190 Å². The van der Waals surface area contributed by atoms with Crippen LogP contribution in [0.25, 0.3) is 10.2 Å². The number of hydrogen-bond acceptors (Lipinski definition) is 6. The fourth-order valence-corrected chi connectivity index (χ4v) is 5.33. The van der Waals surface area contributed by atoms with E-state index in [1.807, 2.05) is 11.4 Å². The average molecular weight is 476 g/mol. The Hall–Kier alpha value is -3.28. The van der Waals surface area contributed by atoms with Crippen LogP contribution < -0.4 is 5.32 Å². The van der Waals surface area contributed by atoms with Crippen LogP contribution in [0.1, 0.15) is 28.9 Å². The fourth-order valence-electron chi connectivity index (χ4n) is 4.51. The molecule has 5 rings (SSSR count). The molecule has 33 heavy (non-hydrogen) atoms. The first-order chi connectivity index (χ1) is 15.7. The molecule has 3 aromatic rings. The van der Waals surface area contributed by atoms with Gasteiger partial charge < -0.3 is 9.80 Å². The molecule has 0 atom stereocenters. The summed E-state index contributed by atoms with van der Waals surface area (Å²) in [4.78, 5) is 40.7. The Morgan fingerprint density at radius 1 is 1.21 bits per heavy atom. The third kappa shape index (κ3) is 3.88. The molecule has 1 N–H and O–H groups in total. The van der Waals surface area contributed by atoms with Crippen molar-refractivity contribution in [2.24, 2.45) is 5.41 Å². The molecule has 1 saturated heterocycles. The number of amides is 3. The van der Waals surface area contributed by atoms with Gasteiger partial charge in [-0.1, -0.05) is 0 Å². The largest absolute Gasteiger partial charge is 0.416 e. The molecule has 1 aliphatic heterocycles. The third-order valence-corrected chi connectivity index (χ3v) is 7.22. The van der Waals surface area contributed by atoms with E-state index in [1.165, 1.54) is 22.6 Å². The number of nitrogens with zero attached hydrogens (tertiary/aromatic N) is 5. The number of alkyl halides is 3. The van der Waals surface area contributed by atoms with Gasteiger partial charge in [0.1, 0.15) is 17.8 Å². The second kappa shape index (κ2) is 7.65. The monoisotopic (exact) mass is 476 g/mol. The minimum atomic E-state index is -4.51. The van der Waals surface area contributed by atoms with Gasteiger partial charge in [-0.3, -0.25) is 10.1 Å². The number of hydrogen-bond donors (Lipinski definition) is 1. The number of rotatable bonds is 3. The molecule has 2 aliphatic rings. The number of likely N-dealkylation sites (tertiary alicyclic amines) is 1. The maximum absolute atomic E-state index is 12.9. The van der Waals surface area contributed by atoms with E-state index in [9.17, 15) is 22.8 Å². The van der Waals surface area contributed by atoms with Crippen LogP contribution in [-0.2, 0) is 6.18 Å². The highest BCUT2D eigenvalue weighted by molar-refractivity contribution is 7.17. The maximum Gasteiger partial charge on any atom is 0.416 e. The van der Waals surface area contributed by atoms with Gasteiger partial charge >= 0.3 is 12.2 Å². The number of carbonyl (C=O) groups excluding carboxylic acids is 2. The van der Waals surface area contributed by atoms with Gasteiger partial charge in [0.15, 0.2) is 0 Å². The summed E-state index contributed by atoms with van der Waals surface area (Å²) >= 11 is 1.43. The molecule has 1 spiro atoms. The SMILES string of the molecule is CN(C(=O)Nc1cc(C(F)(F)F)ccn1)C1CC2(C1)CN(C(=O)c1ncnc3ccsc13)C2. The molecule has 0 radical (unpaired) electrons. The molecule has 8 nitrogen and oxygen atoms in total. The summed E-state index contributed by atoms with van der Waals surface area (Å²) in [6, 6.07) is 2.93. The van der Waals surface area contributed by atoms with Crippen LogP contribution in [0.15, 0.2) is 36.1 Å². The third-order valence-electron chi connectivity index (χ3n) is 6.31. The lowest BCUT2D eigenvalue weighted by Gasteiger charge is -2.60. The molecule has 2 fully saturated rings. The normalized spacial score (nSPS) is 17.5. The van der Waals surface area contributed by atoms with Crippen LogP contribution in [0.5, 0.6) is 0 Å². The predicted molar refractivity (Wildman–Crippen MR) is 115 cm³/mol. The highest BCUT2D eigenvalue weighted by Gasteiger charge is 2.55. The minimum absolute atomic E-state index is 0.0368. The lowest BCUT2D eigenvalue weighted by molar-refractivity contribution is -0.137. The van der Waals surface area contributed by atoms with Gasteiger partial charge in [0.05, 0.1) is 15.8 Å². The smallest absolute Gasteiger partial charge is 0.336 e. The van der Waals surface area contributed by atoms with Crippen LogP contribution in [0.3, 0.4) is 0 Å². The number of halogens is 3. The second-order valence-corrected chi connectivity index (χ2v) is 9.47. The highest BCUT2D eigenvalue weighted by atomic mass is 32.1. The van der Waals surface area contributed by atoms with Crippen LogP contribution in [-0.4, -0.2) is 62.9 Å². The van der Waals surface area contributed by atoms with E-state index in [0.717, 1.165) is 41.4 Å². The van der Waals surface area contributed by atoms with Gasteiger partial charge in [-0.2, -0.15) is 13.2 Å². The maximum atomic E-state index is 12.9. The number of thiophene rings is 1. The van der Waals surface area contributed by atoms with Crippen molar-refractivity contribution < 1.29 is 22.8 Å². The summed E-state index contributed by atoms with van der Waals surface area (Å²) in [5.74, 6) is -0.276. The van der Waals surface area contributed by atoms with E-state index < -0.39 is 17.8 Å². The van der Waals surface area contributed by atoms with Crippen molar-refractivity contribution in [2.75, 3.05) is 25.5 Å². The molecule has 1 aliphatic carbocycles. The first-order valence-corrected chi connectivity index (χ1v) is 11.1. The molecule has 0 bridgehead atoms. The summed E-state index contributed by atoms with van der Waals surface area (Å²) < 4.78 is 39.3. The molecule has 3 aromatic heterocycles. The summed E-state index contributed by atoms with van der Waals surface area (Å²) in [6.45, 7) is 1.17. The summed E-state index contributed by atoms with van der Waals surface area (Å²) in [6.07, 6.45) is -0.671. The van der Waals surface area contributed by atoms with Crippen molar-refractivity contribution in [1.82, 2.24) is 24.8 Å². The van der Waals surface area contributed by atoms with Gasteiger partial charge in [-0.05, 0) is 36.4 Å². The number of carbonyl (C=O) groups is 2. The minimum Gasteiger partial charge on any atom is -0.336 e. The molecular weight excluding hydrogens is 457 g/mol. The van der Waals surface area contributed by atoms with Crippen molar-refractivity contribution in [2.45, 2.75) is 25.1 Å². The summed E-state index contributed by atoms with van der Waals surface area (Å²) in [7, 11) is 1.61. The van der Waals surface area contributed by atoms with Gasteiger partial charge in [-0.25, -0.2) is 19.7 Å². The van der Waals surface area contributed by atoms with Crippen molar-refractivity contribution >= 4 is 39.3 Å². The first-order valence-electron chi connectivity index (χ1n) is 10.2. The molecule has 12 heteroatoms. The predicted octanol–water partition coefficient (Wildman–Crippen LogP) is 3.87. The quantitative estimate of drug-likeness (QED) is 0.620. The average Bonchev–Trinajstić information content (AvgIpc) is 3.20. The molecule has 0 aromatic carbocycles. The van der Waals surface area contributed by atoms with E-state index in [-0.39, 0.29) is 23.2 Å². The second-order valence-electron chi connectivity index (χ2n) is 8.55. The fraction of sp³-hybridized carbons (Fsp3) is 0.381. The number of pyridine rings is 1. The van der Waals surface area contributed by atoms with Crippen LogP contribution in [0.4, 0.5) is 23.8 Å². The highest BCUT2D eigenvalue weighted by Crippen LogP contribution is 2.50. The summed E-state index contributed by atoms with van der Waals surface area (Å²) in [5, 5.41) is 4.30. The van der Waals surface area contributed by atoms with E-state index in [0.29, 0.717) is 18.8 Å². The van der Waals surface area contributed by atoms with Crippen LogP contribution in [0.2, 0.25) is 0 Å². The molecule has 4 heterocycles. The molecule has 1 saturated carbocycles. The summed E-state index contributed by atoms with van der Waals surface area (Å²) in [5.41, 5.74) is 0.247. The molecule has 0 unspecified atom stereocenters. The molecule has 3 amide bonds. The van der Waals surface area contributed by atoms with Crippen molar-refractivity contribution in [3.63, 3.8) is 0 Å². The Kier molecular flexibility index (Phi) is 5.00. The Morgan fingerprint density at radius 3 is 2.70 bits per heavy atom. The van der Waals surface area contributed by atoms with Gasteiger partial charge in [0, 0.05) is 37.8 Å². The zero-order valence-electron chi connectivity index (χ0n) is 17.5. The zero-order valence-corrected chi connectivity index (χ0v) is 18.3. The number of nitrogens with one attached hydrogen (secondary N) is 1.